The smallest absolute Gasteiger partial charge is 0.270 e. The summed E-state index contributed by atoms with van der Waals surface area (Å²) in [6.07, 6.45) is 6.27. The number of hydrogen-bond acceptors (Lipinski definition) is 2. The third kappa shape index (κ3) is 3.19. The van der Waals surface area contributed by atoms with Crippen molar-refractivity contribution in [2.24, 2.45) is 5.92 Å². The fourth-order valence-electron chi connectivity index (χ4n) is 2.30. The molecule has 1 aliphatic carbocycles. The topological polar surface area (TPSA) is 42.0 Å². The van der Waals surface area contributed by atoms with Gasteiger partial charge >= 0.3 is 0 Å². The average Bonchev–Trinajstić information content (AvgIpc) is 2.32. The van der Waals surface area contributed by atoms with Crippen LogP contribution in [0.4, 0.5) is 0 Å². The molecular formula is C13H17ClN2O. The minimum absolute atomic E-state index is 0.119. The zero-order valence-corrected chi connectivity index (χ0v) is 10.7. The number of pyridine rings is 1. The van der Waals surface area contributed by atoms with E-state index in [1.807, 2.05) is 0 Å². The molecule has 17 heavy (non-hydrogen) atoms. The molecule has 1 N–H and O–H groups in total. The second kappa shape index (κ2) is 5.50. The molecule has 4 heteroatoms. The van der Waals surface area contributed by atoms with Crippen molar-refractivity contribution in [2.75, 3.05) is 0 Å². The van der Waals surface area contributed by atoms with Gasteiger partial charge in [0.15, 0.2) is 0 Å². The number of nitrogens with zero attached hydrogens (tertiary/aromatic N) is 1. The van der Waals surface area contributed by atoms with Crippen LogP contribution >= 0.6 is 11.6 Å². The van der Waals surface area contributed by atoms with Crippen LogP contribution in [-0.2, 0) is 0 Å². The predicted molar refractivity (Wildman–Crippen MR) is 68.1 cm³/mol. The van der Waals surface area contributed by atoms with Gasteiger partial charge in [0.1, 0.15) is 5.69 Å². The van der Waals surface area contributed by atoms with Gasteiger partial charge in [0.05, 0.1) is 0 Å². The van der Waals surface area contributed by atoms with Gasteiger partial charge in [-0.25, -0.2) is 0 Å². The Kier molecular flexibility index (Phi) is 4.00. The summed E-state index contributed by atoms with van der Waals surface area (Å²) in [6, 6.07) is 3.54. The normalized spacial score (nSPS) is 24.4. The molecule has 2 unspecified atom stereocenters. The number of nitrogens with one attached hydrogen (secondary N) is 1. The SMILES string of the molecule is CC1CCCCC1NC(=O)c1cc(Cl)ccn1. The number of carbonyl (C=O) groups is 1. The zero-order valence-electron chi connectivity index (χ0n) is 9.95. The highest BCUT2D eigenvalue weighted by molar-refractivity contribution is 6.30. The van der Waals surface area contributed by atoms with E-state index >= 15 is 0 Å². The van der Waals surface area contributed by atoms with Gasteiger partial charge in [-0.15, -0.1) is 0 Å². The maximum atomic E-state index is 12.0. The lowest BCUT2D eigenvalue weighted by molar-refractivity contribution is 0.0905. The summed E-state index contributed by atoms with van der Waals surface area (Å²) in [7, 11) is 0. The number of halogens is 1. The second-order valence-corrected chi connectivity index (χ2v) is 5.14. The quantitative estimate of drug-likeness (QED) is 0.879. The first-order chi connectivity index (χ1) is 8.16. The number of aromatic nitrogens is 1. The second-order valence-electron chi connectivity index (χ2n) is 4.70. The Morgan fingerprint density at radius 1 is 1.47 bits per heavy atom. The van der Waals surface area contributed by atoms with E-state index in [0.717, 1.165) is 6.42 Å². The van der Waals surface area contributed by atoms with E-state index in [9.17, 15) is 4.79 Å². The van der Waals surface area contributed by atoms with Crippen LogP contribution in [0.3, 0.4) is 0 Å². The molecule has 0 spiro atoms. The summed E-state index contributed by atoms with van der Waals surface area (Å²) in [5, 5.41) is 3.60. The molecule has 0 aromatic carbocycles. The van der Waals surface area contributed by atoms with Crippen molar-refractivity contribution in [1.82, 2.24) is 10.3 Å². The third-order valence-corrected chi connectivity index (χ3v) is 3.62. The van der Waals surface area contributed by atoms with Crippen LogP contribution in [0.2, 0.25) is 5.02 Å². The first-order valence-electron chi connectivity index (χ1n) is 6.09. The van der Waals surface area contributed by atoms with Crippen LogP contribution < -0.4 is 5.32 Å². The lowest BCUT2D eigenvalue weighted by Gasteiger charge is -2.29. The Hall–Kier alpha value is -1.09. The fourth-order valence-corrected chi connectivity index (χ4v) is 2.46. The van der Waals surface area contributed by atoms with Crippen LogP contribution in [0.15, 0.2) is 18.3 Å². The van der Waals surface area contributed by atoms with Crippen molar-refractivity contribution in [2.45, 2.75) is 38.6 Å². The molecule has 1 aromatic heterocycles. The lowest BCUT2D eigenvalue weighted by atomic mass is 9.86. The van der Waals surface area contributed by atoms with Gasteiger partial charge in [0, 0.05) is 17.3 Å². The molecule has 0 aliphatic heterocycles. The molecular weight excluding hydrogens is 236 g/mol. The van der Waals surface area contributed by atoms with Gasteiger partial charge in [0.25, 0.3) is 5.91 Å². The van der Waals surface area contributed by atoms with Gasteiger partial charge in [-0.3, -0.25) is 9.78 Å². The Morgan fingerprint density at radius 2 is 2.24 bits per heavy atom. The molecule has 0 bridgehead atoms. The molecule has 1 aromatic rings. The zero-order chi connectivity index (χ0) is 12.3. The molecule has 2 atom stereocenters. The number of carbonyl (C=O) groups excluding carboxylic acids is 1. The molecule has 2 rings (SSSR count). The minimum atomic E-state index is -0.119. The Morgan fingerprint density at radius 3 is 2.94 bits per heavy atom. The molecule has 1 heterocycles. The molecule has 1 amide bonds. The summed E-state index contributed by atoms with van der Waals surface area (Å²) < 4.78 is 0. The van der Waals surface area contributed by atoms with Crippen LogP contribution in [0, 0.1) is 5.92 Å². The van der Waals surface area contributed by atoms with Crippen LogP contribution in [0.1, 0.15) is 43.1 Å². The maximum Gasteiger partial charge on any atom is 0.270 e. The van der Waals surface area contributed by atoms with Crippen LogP contribution in [-0.4, -0.2) is 16.9 Å². The summed E-state index contributed by atoms with van der Waals surface area (Å²) in [5.74, 6) is 0.429. The fraction of sp³-hybridized carbons (Fsp3) is 0.538. The largest absolute Gasteiger partial charge is 0.348 e. The van der Waals surface area contributed by atoms with Gasteiger partial charge in [0.2, 0.25) is 0 Å². The lowest BCUT2D eigenvalue weighted by Crippen LogP contribution is -2.41. The van der Waals surface area contributed by atoms with Crippen molar-refractivity contribution in [3.63, 3.8) is 0 Å². The highest BCUT2D eigenvalue weighted by Crippen LogP contribution is 2.24. The Balaban J connectivity index is 2.01. The van der Waals surface area contributed by atoms with Crippen molar-refractivity contribution in [1.29, 1.82) is 0 Å². The first-order valence-corrected chi connectivity index (χ1v) is 6.47. The van der Waals surface area contributed by atoms with Crippen molar-refractivity contribution in [3.05, 3.63) is 29.0 Å². The van der Waals surface area contributed by atoms with E-state index in [4.69, 9.17) is 11.6 Å². The molecule has 1 aliphatic rings. The van der Waals surface area contributed by atoms with E-state index in [1.165, 1.54) is 19.3 Å². The highest BCUT2D eigenvalue weighted by atomic mass is 35.5. The van der Waals surface area contributed by atoms with E-state index in [2.05, 4.69) is 17.2 Å². The van der Waals surface area contributed by atoms with Crippen molar-refractivity contribution >= 4 is 17.5 Å². The summed E-state index contributed by atoms with van der Waals surface area (Å²) in [5.41, 5.74) is 0.398. The van der Waals surface area contributed by atoms with E-state index in [0.29, 0.717) is 16.6 Å². The molecule has 0 radical (unpaired) electrons. The van der Waals surface area contributed by atoms with Gasteiger partial charge in [-0.05, 0) is 30.9 Å². The van der Waals surface area contributed by atoms with Crippen LogP contribution in [0.25, 0.3) is 0 Å². The highest BCUT2D eigenvalue weighted by Gasteiger charge is 2.23. The van der Waals surface area contributed by atoms with Crippen molar-refractivity contribution < 1.29 is 4.79 Å². The Labute approximate surface area is 107 Å². The summed E-state index contributed by atoms with van der Waals surface area (Å²) >= 11 is 5.84. The van der Waals surface area contributed by atoms with E-state index < -0.39 is 0 Å². The standard InChI is InChI=1S/C13H17ClN2O/c1-9-4-2-3-5-11(9)16-13(17)12-8-10(14)6-7-15-12/h6-9,11H,2-5H2,1H3,(H,16,17). The number of rotatable bonds is 2. The predicted octanol–water partition coefficient (Wildman–Crippen LogP) is 3.04. The van der Waals surface area contributed by atoms with E-state index in [-0.39, 0.29) is 11.9 Å². The van der Waals surface area contributed by atoms with E-state index in [1.54, 1.807) is 18.3 Å². The molecule has 1 fully saturated rings. The van der Waals surface area contributed by atoms with Gasteiger partial charge in [-0.1, -0.05) is 31.4 Å². The number of hydrogen-bond donors (Lipinski definition) is 1. The van der Waals surface area contributed by atoms with Crippen LogP contribution in [0.5, 0.6) is 0 Å². The molecule has 0 saturated heterocycles. The Bertz CT molecular complexity index is 408. The third-order valence-electron chi connectivity index (χ3n) is 3.38. The molecule has 1 saturated carbocycles. The number of amides is 1. The minimum Gasteiger partial charge on any atom is -0.348 e. The first kappa shape index (κ1) is 12.4. The summed E-state index contributed by atoms with van der Waals surface area (Å²) in [6.45, 7) is 2.19. The molecule has 92 valence electrons. The summed E-state index contributed by atoms with van der Waals surface area (Å²) in [4.78, 5) is 16.0. The van der Waals surface area contributed by atoms with Crippen molar-refractivity contribution in [3.8, 4) is 0 Å². The maximum absolute atomic E-state index is 12.0. The average molecular weight is 253 g/mol. The van der Waals surface area contributed by atoms with Gasteiger partial charge < -0.3 is 5.32 Å². The monoisotopic (exact) mass is 252 g/mol. The van der Waals surface area contributed by atoms with Gasteiger partial charge in [-0.2, -0.15) is 0 Å². The molecule has 3 nitrogen and oxygen atoms in total.